The number of carbonyl (C=O) groups excluding carboxylic acids is 1. The van der Waals surface area contributed by atoms with Crippen molar-refractivity contribution in [3.05, 3.63) is 5.28 Å². The van der Waals surface area contributed by atoms with E-state index in [0.717, 1.165) is 19.5 Å². The Labute approximate surface area is 116 Å². The Bertz CT molecular complexity index is 470. The van der Waals surface area contributed by atoms with E-state index in [2.05, 4.69) is 15.0 Å². The summed E-state index contributed by atoms with van der Waals surface area (Å²) in [6.07, 6.45) is 0.866. The molecule has 0 aromatic carbocycles. The van der Waals surface area contributed by atoms with Crippen molar-refractivity contribution in [3.8, 4) is 6.01 Å². The van der Waals surface area contributed by atoms with Gasteiger partial charge in [0, 0.05) is 33.1 Å². The first-order valence-corrected chi connectivity index (χ1v) is 6.44. The molecule has 0 spiro atoms. The minimum atomic E-state index is 0.0908. The van der Waals surface area contributed by atoms with E-state index < -0.39 is 0 Å². The number of nitrogens with zero attached hydrogens (tertiary/aromatic N) is 5. The average Bonchev–Trinajstić information content (AvgIpc) is 2.63. The van der Waals surface area contributed by atoms with Crippen LogP contribution in [-0.4, -0.2) is 59.0 Å². The highest BCUT2D eigenvalue weighted by Crippen LogP contribution is 2.16. The molecule has 2 rings (SSSR count). The summed E-state index contributed by atoms with van der Waals surface area (Å²) in [7, 11) is 1.48. The van der Waals surface area contributed by atoms with Gasteiger partial charge in [-0.3, -0.25) is 4.79 Å². The first-order valence-electron chi connectivity index (χ1n) is 6.06. The number of hydrogen-bond donors (Lipinski definition) is 0. The number of hydrogen-bond acceptors (Lipinski definition) is 6. The summed E-state index contributed by atoms with van der Waals surface area (Å²) in [6.45, 7) is 4.43. The molecule has 1 aromatic rings. The van der Waals surface area contributed by atoms with E-state index in [4.69, 9.17) is 16.3 Å². The molecule has 19 heavy (non-hydrogen) atoms. The molecule has 0 saturated carbocycles. The van der Waals surface area contributed by atoms with Crippen molar-refractivity contribution in [2.45, 2.75) is 13.3 Å². The lowest BCUT2D eigenvalue weighted by molar-refractivity contribution is -0.128. The van der Waals surface area contributed by atoms with E-state index >= 15 is 0 Å². The van der Waals surface area contributed by atoms with Gasteiger partial charge in [-0.15, -0.1) is 0 Å². The maximum absolute atomic E-state index is 11.4. The normalized spacial score (nSPS) is 16.2. The molecule has 1 aromatic heterocycles. The predicted octanol–water partition coefficient (Wildman–Crippen LogP) is 0.592. The van der Waals surface area contributed by atoms with Crippen molar-refractivity contribution in [1.29, 1.82) is 0 Å². The molecular weight excluding hydrogens is 270 g/mol. The van der Waals surface area contributed by atoms with E-state index in [9.17, 15) is 4.79 Å². The van der Waals surface area contributed by atoms with Crippen molar-refractivity contribution in [2.24, 2.45) is 0 Å². The number of carbonyl (C=O) groups is 1. The Morgan fingerprint density at radius 1 is 1.21 bits per heavy atom. The highest BCUT2D eigenvalue weighted by atomic mass is 35.5. The van der Waals surface area contributed by atoms with E-state index in [1.54, 1.807) is 6.92 Å². The van der Waals surface area contributed by atoms with Crippen molar-refractivity contribution < 1.29 is 9.53 Å². The lowest BCUT2D eigenvalue weighted by Gasteiger charge is -2.21. The molecular formula is C11H16ClN5O2. The van der Waals surface area contributed by atoms with Crippen LogP contribution in [0.4, 0.5) is 5.95 Å². The number of aromatic nitrogens is 3. The maximum Gasteiger partial charge on any atom is 0.322 e. The largest absolute Gasteiger partial charge is 0.467 e. The minimum Gasteiger partial charge on any atom is -0.467 e. The molecule has 8 heteroatoms. The fraction of sp³-hybridized carbons (Fsp3) is 0.636. The lowest BCUT2D eigenvalue weighted by atomic mass is 10.4. The molecule has 0 bridgehead atoms. The molecule has 0 N–H and O–H groups in total. The van der Waals surface area contributed by atoms with Crippen molar-refractivity contribution in [2.75, 3.05) is 38.2 Å². The van der Waals surface area contributed by atoms with Crippen molar-refractivity contribution in [1.82, 2.24) is 19.9 Å². The van der Waals surface area contributed by atoms with E-state index in [0.29, 0.717) is 19.0 Å². The van der Waals surface area contributed by atoms with Crippen molar-refractivity contribution in [3.63, 3.8) is 0 Å². The first kappa shape index (κ1) is 13.8. The summed E-state index contributed by atoms with van der Waals surface area (Å²) >= 11 is 5.83. The summed E-state index contributed by atoms with van der Waals surface area (Å²) in [5.74, 6) is 0.579. The third-order valence-electron chi connectivity index (χ3n) is 2.98. The second-order valence-corrected chi connectivity index (χ2v) is 4.58. The van der Waals surface area contributed by atoms with Crippen LogP contribution in [0.25, 0.3) is 0 Å². The number of amides is 1. The topological polar surface area (TPSA) is 71.5 Å². The van der Waals surface area contributed by atoms with Gasteiger partial charge in [0.2, 0.25) is 17.1 Å². The van der Waals surface area contributed by atoms with Gasteiger partial charge in [0.1, 0.15) is 0 Å². The van der Waals surface area contributed by atoms with Crippen LogP contribution in [0.1, 0.15) is 13.3 Å². The molecule has 1 saturated heterocycles. The first-order chi connectivity index (χ1) is 9.10. The molecule has 1 aliphatic heterocycles. The molecule has 0 aliphatic carbocycles. The number of ether oxygens (including phenoxy) is 1. The number of halogens is 1. The van der Waals surface area contributed by atoms with Gasteiger partial charge < -0.3 is 14.5 Å². The quantitative estimate of drug-likeness (QED) is 0.792. The average molecular weight is 286 g/mol. The molecule has 0 radical (unpaired) electrons. The van der Waals surface area contributed by atoms with Gasteiger partial charge in [-0.2, -0.15) is 15.0 Å². The van der Waals surface area contributed by atoms with Gasteiger partial charge in [-0.05, 0) is 18.0 Å². The third kappa shape index (κ3) is 3.44. The second kappa shape index (κ2) is 6.01. The van der Waals surface area contributed by atoms with Gasteiger partial charge in [0.15, 0.2) is 0 Å². The van der Waals surface area contributed by atoms with Gasteiger partial charge >= 0.3 is 6.01 Å². The molecule has 1 aliphatic rings. The Kier molecular flexibility index (Phi) is 4.36. The Morgan fingerprint density at radius 3 is 2.68 bits per heavy atom. The zero-order valence-corrected chi connectivity index (χ0v) is 11.7. The van der Waals surface area contributed by atoms with Crippen LogP contribution in [0.3, 0.4) is 0 Å². The third-order valence-corrected chi connectivity index (χ3v) is 3.15. The molecule has 1 fully saturated rings. The fourth-order valence-electron chi connectivity index (χ4n) is 1.99. The predicted molar refractivity (Wildman–Crippen MR) is 70.5 cm³/mol. The van der Waals surface area contributed by atoms with Crippen LogP contribution in [0.15, 0.2) is 0 Å². The van der Waals surface area contributed by atoms with Crippen LogP contribution >= 0.6 is 11.6 Å². The van der Waals surface area contributed by atoms with Crippen LogP contribution in [0.5, 0.6) is 6.01 Å². The zero-order valence-electron chi connectivity index (χ0n) is 11.0. The van der Waals surface area contributed by atoms with E-state index in [1.165, 1.54) is 7.11 Å². The zero-order chi connectivity index (χ0) is 13.8. The summed E-state index contributed by atoms with van der Waals surface area (Å²) in [5.41, 5.74) is 0. The van der Waals surface area contributed by atoms with Crippen LogP contribution < -0.4 is 9.64 Å². The number of rotatable bonds is 2. The smallest absolute Gasteiger partial charge is 0.322 e. The summed E-state index contributed by atoms with van der Waals surface area (Å²) in [4.78, 5) is 27.3. The molecule has 7 nitrogen and oxygen atoms in total. The number of methoxy groups -OCH3 is 1. The molecule has 2 heterocycles. The molecule has 0 atom stereocenters. The SMILES string of the molecule is COc1nc(Cl)nc(N2CCCN(C(C)=O)CC2)n1. The molecule has 1 amide bonds. The molecule has 0 unspecified atom stereocenters. The number of anilines is 1. The highest BCUT2D eigenvalue weighted by molar-refractivity contribution is 6.28. The standard InChI is InChI=1S/C11H16ClN5O2/c1-8(18)16-4-3-5-17(7-6-16)10-13-9(12)14-11(15-10)19-2/h3-7H2,1-2H3. The summed E-state index contributed by atoms with van der Waals surface area (Å²) in [5, 5.41) is 0.106. The van der Waals surface area contributed by atoms with Crippen LogP contribution in [0.2, 0.25) is 5.28 Å². The van der Waals surface area contributed by atoms with Gasteiger partial charge in [0.05, 0.1) is 7.11 Å². The highest BCUT2D eigenvalue weighted by Gasteiger charge is 2.19. The van der Waals surface area contributed by atoms with Crippen LogP contribution in [0, 0.1) is 0 Å². The summed E-state index contributed by atoms with van der Waals surface area (Å²) < 4.78 is 4.98. The Balaban J connectivity index is 2.13. The van der Waals surface area contributed by atoms with Gasteiger partial charge in [-0.1, -0.05) is 0 Å². The monoisotopic (exact) mass is 285 g/mol. The fourth-order valence-corrected chi connectivity index (χ4v) is 2.13. The van der Waals surface area contributed by atoms with Gasteiger partial charge in [-0.25, -0.2) is 0 Å². The Morgan fingerprint density at radius 2 is 2.00 bits per heavy atom. The van der Waals surface area contributed by atoms with E-state index in [-0.39, 0.29) is 17.2 Å². The minimum absolute atomic E-state index is 0.0908. The maximum atomic E-state index is 11.4. The second-order valence-electron chi connectivity index (χ2n) is 4.24. The summed E-state index contributed by atoms with van der Waals surface area (Å²) in [6, 6.07) is 0.197. The lowest BCUT2D eigenvalue weighted by Crippen LogP contribution is -2.34. The molecule has 104 valence electrons. The Hall–Kier alpha value is -1.63. The van der Waals surface area contributed by atoms with Crippen LogP contribution in [-0.2, 0) is 4.79 Å². The van der Waals surface area contributed by atoms with Crippen molar-refractivity contribution >= 4 is 23.5 Å². The van der Waals surface area contributed by atoms with E-state index in [1.807, 2.05) is 9.80 Å². The van der Waals surface area contributed by atoms with Gasteiger partial charge in [0.25, 0.3) is 0 Å².